The molecule has 2 aliphatic heterocycles. The van der Waals surface area contributed by atoms with E-state index in [-0.39, 0.29) is 18.1 Å². The quantitative estimate of drug-likeness (QED) is 0.513. The van der Waals surface area contributed by atoms with Crippen molar-refractivity contribution in [2.75, 3.05) is 29.8 Å². The fraction of sp³-hybridized carbons (Fsp3) is 0.611. The molecule has 0 unspecified atom stereocenters. The zero-order valence-electron chi connectivity index (χ0n) is 15.8. The lowest BCUT2D eigenvalue weighted by molar-refractivity contribution is -0.117. The van der Waals surface area contributed by atoms with Crippen molar-refractivity contribution in [1.29, 1.82) is 0 Å². The number of aromatic hydroxyl groups is 1. The van der Waals surface area contributed by atoms with Gasteiger partial charge in [0, 0.05) is 28.9 Å². The summed E-state index contributed by atoms with van der Waals surface area (Å²) in [5.74, 6) is -1.40. The van der Waals surface area contributed by atoms with Crippen LogP contribution in [-0.2, 0) is 21.4 Å². The summed E-state index contributed by atoms with van der Waals surface area (Å²) < 4.78 is 41.8. The Kier molecular flexibility index (Phi) is 5.43. The van der Waals surface area contributed by atoms with E-state index in [2.05, 4.69) is 5.32 Å². The molecule has 11 heteroatoms. The van der Waals surface area contributed by atoms with Gasteiger partial charge in [0.2, 0.25) is 0 Å². The van der Waals surface area contributed by atoms with E-state index in [0.717, 1.165) is 25.7 Å². The first-order chi connectivity index (χ1) is 13.7. The van der Waals surface area contributed by atoms with Crippen molar-refractivity contribution in [2.24, 2.45) is 5.41 Å². The monoisotopic (exact) mass is 445 g/mol. The number of carbonyl (C=O) groups is 1. The van der Waals surface area contributed by atoms with Gasteiger partial charge in [-0.15, -0.1) is 11.8 Å². The van der Waals surface area contributed by atoms with Gasteiger partial charge in [0.1, 0.15) is 18.0 Å². The third kappa shape index (κ3) is 3.80. The Morgan fingerprint density at radius 1 is 1.41 bits per heavy atom. The van der Waals surface area contributed by atoms with Crippen molar-refractivity contribution < 1.29 is 27.8 Å². The highest BCUT2D eigenvalue weighted by Crippen LogP contribution is 2.44. The summed E-state index contributed by atoms with van der Waals surface area (Å²) in [5, 5.41) is 23.2. The number of nitrogens with one attached hydrogen (secondary N) is 2. The molecule has 1 saturated heterocycles. The lowest BCUT2D eigenvalue weighted by Gasteiger charge is -2.41. The summed E-state index contributed by atoms with van der Waals surface area (Å²) in [7, 11) is -4.22. The average molecular weight is 446 g/mol. The number of carbonyl (C=O) groups excluding carboxylic acids is 1. The van der Waals surface area contributed by atoms with Gasteiger partial charge in [-0.05, 0) is 43.7 Å². The van der Waals surface area contributed by atoms with E-state index in [1.807, 2.05) is 0 Å². The molecule has 1 atom stereocenters. The summed E-state index contributed by atoms with van der Waals surface area (Å²) in [5.41, 5.74) is -0.140. The molecule has 1 aromatic rings. The van der Waals surface area contributed by atoms with Crippen LogP contribution in [0.4, 0.5) is 10.1 Å². The number of rotatable bonds is 6. The molecule has 1 aromatic carbocycles. The Hall–Kier alpha value is -1.56. The number of aliphatic hydroxyl groups is 1. The highest BCUT2D eigenvalue weighted by atomic mass is 32.2. The van der Waals surface area contributed by atoms with Crippen molar-refractivity contribution >= 4 is 33.6 Å². The average Bonchev–Trinajstić information content (AvgIpc) is 2.90. The smallest absolute Gasteiger partial charge is 0.326 e. The van der Waals surface area contributed by atoms with Crippen molar-refractivity contribution in [3.8, 4) is 5.75 Å². The van der Waals surface area contributed by atoms with Crippen LogP contribution in [0.25, 0.3) is 0 Å². The minimum atomic E-state index is -4.22. The maximum Gasteiger partial charge on any atom is 0.326 e. The molecule has 29 heavy (non-hydrogen) atoms. The minimum absolute atomic E-state index is 0.00912. The molecule has 4 rings (SSSR count). The molecule has 0 spiro atoms. The van der Waals surface area contributed by atoms with E-state index in [4.69, 9.17) is 0 Å². The van der Waals surface area contributed by atoms with Crippen LogP contribution in [0.3, 0.4) is 0 Å². The Balaban J connectivity index is 1.51. The van der Waals surface area contributed by atoms with E-state index >= 15 is 4.39 Å². The van der Waals surface area contributed by atoms with Gasteiger partial charge in [-0.1, -0.05) is 6.42 Å². The Labute approximate surface area is 173 Å². The van der Waals surface area contributed by atoms with Crippen LogP contribution in [0.5, 0.6) is 5.75 Å². The van der Waals surface area contributed by atoms with Crippen LogP contribution >= 0.6 is 11.8 Å². The number of halogens is 1. The predicted octanol–water partition coefficient (Wildman–Crippen LogP) is 0.871. The van der Waals surface area contributed by atoms with Gasteiger partial charge < -0.3 is 15.5 Å². The molecular formula is C18H24FN3O5S2. The van der Waals surface area contributed by atoms with Gasteiger partial charge in [0.25, 0.3) is 5.91 Å². The summed E-state index contributed by atoms with van der Waals surface area (Å²) in [4.78, 5) is 12.1. The minimum Gasteiger partial charge on any atom is -0.506 e. The first-order valence-corrected chi connectivity index (χ1v) is 12.0. The van der Waals surface area contributed by atoms with Crippen LogP contribution in [-0.4, -0.2) is 56.0 Å². The van der Waals surface area contributed by atoms with Crippen molar-refractivity contribution in [1.82, 2.24) is 10.0 Å². The van der Waals surface area contributed by atoms with Crippen molar-refractivity contribution in [3.05, 3.63) is 17.4 Å². The van der Waals surface area contributed by atoms with E-state index in [0.29, 0.717) is 33.5 Å². The number of fused-ring (bicyclic) bond motifs is 1. The molecule has 2 heterocycles. The molecule has 1 amide bonds. The number of anilines is 1. The molecule has 3 aliphatic rings. The van der Waals surface area contributed by atoms with Crippen LogP contribution < -0.4 is 14.3 Å². The maximum atomic E-state index is 15.3. The second kappa shape index (κ2) is 7.60. The maximum absolute atomic E-state index is 15.3. The lowest BCUT2D eigenvalue weighted by atomic mass is 9.67. The zero-order valence-corrected chi connectivity index (χ0v) is 17.4. The van der Waals surface area contributed by atoms with Crippen LogP contribution in [0.2, 0.25) is 0 Å². The Bertz CT molecular complexity index is 930. The summed E-state index contributed by atoms with van der Waals surface area (Å²) in [6.45, 7) is 0.335. The topological polar surface area (TPSA) is 119 Å². The first-order valence-electron chi connectivity index (χ1n) is 9.59. The third-order valence-electron chi connectivity index (χ3n) is 6.08. The van der Waals surface area contributed by atoms with Gasteiger partial charge in [-0.3, -0.25) is 4.79 Å². The van der Waals surface area contributed by atoms with E-state index in [1.54, 1.807) is 4.72 Å². The van der Waals surface area contributed by atoms with Crippen molar-refractivity contribution in [3.63, 3.8) is 0 Å². The summed E-state index contributed by atoms with van der Waals surface area (Å²) >= 11 is 1.40. The Morgan fingerprint density at radius 2 is 2.17 bits per heavy atom. The molecule has 0 radical (unpaired) electrons. The number of hydrogen-bond acceptors (Lipinski definition) is 7. The number of phenols is 1. The first kappa shape index (κ1) is 20.7. The third-order valence-corrected chi connectivity index (χ3v) is 8.70. The fourth-order valence-corrected chi connectivity index (χ4v) is 6.50. The largest absolute Gasteiger partial charge is 0.506 e. The van der Waals surface area contributed by atoms with Crippen molar-refractivity contribution in [2.45, 2.75) is 43.0 Å². The molecule has 1 saturated carbocycles. The van der Waals surface area contributed by atoms with Gasteiger partial charge in [-0.2, -0.15) is 8.42 Å². The highest BCUT2D eigenvalue weighted by molar-refractivity contribution is 7.99. The molecule has 4 N–H and O–H groups in total. The normalized spacial score (nSPS) is 24.7. The fourth-order valence-electron chi connectivity index (χ4n) is 4.18. The molecule has 0 aromatic heterocycles. The molecule has 0 bridgehead atoms. The Morgan fingerprint density at radius 3 is 2.76 bits per heavy atom. The molecule has 8 nitrogen and oxygen atoms in total. The number of hydrogen-bond donors (Lipinski definition) is 4. The molecule has 2 fully saturated rings. The summed E-state index contributed by atoms with van der Waals surface area (Å²) in [6, 6.07) is 1.35. The summed E-state index contributed by atoms with van der Waals surface area (Å²) in [6.07, 6.45) is 4.41. The SMILES string of the molecule is O=C1CN(c2c(O)cc3c(c2F)C[C@H](NCCC2(CO)CCC2)CS3)S(=O)(=O)N1. The van der Waals surface area contributed by atoms with E-state index in [1.165, 1.54) is 17.8 Å². The molecular weight excluding hydrogens is 421 g/mol. The molecule has 160 valence electrons. The number of amides is 1. The van der Waals surface area contributed by atoms with E-state index < -0.39 is 39.9 Å². The van der Waals surface area contributed by atoms with Gasteiger partial charge >= 0.3 is 10.2 Å². The number of benzene rings is 1. The zero-order chi connectivity index (χ0) is 20.8. The second-order valence-electron chi connectivity index (χ2n) is 8.00. The van der Waals surface area contributed by atoms with Crippen LogP contribution in [0.15, 0.2) is 11.0 Å². The van der Waals surface area contributed by atoms with Crippen LogP contribution in [0.1, 0.15) is 31.2 Å². The number of phenolic OH excluding ortho intramolecular Hbond substituents is 1. The second-order valence-corrected chi connectivity index (χ2v) is 10.7. The van der Waals surface area contributed by atoms with E-state index in [9.17, 15) is 23.4 Å². The molecule has 1 aliphatic carbocycles. The van der Waals surface area contributed by atoms with Gasteiger partial charge in [-0.25, -0.2) is 13.4 Å². The number of nitrogens with zero attached hydrogens (tertiary/aromatic N) is 1. The standard InChI is InChI=1S/C18H24FN3O5S2/c19-16-12-6-11(20-5-4-18(10-23)2-1-3-18)9-28-14(12)7-13(24)17(16)22-8-15(25)21-29(22,26)27/h7,11,20,23-24H,1-6,8-10H2,(H,21,25)/t11-/m0/s1. The lowest BCUT2D eigenvalue weighted by Crippen LogP contribution is -2.41. The highest BCUT2D eigenvalue weighted by Gasteiger charge is 2.39. The van der Waals surface area contributed by atoms with Gasteiger partial charge in [0.15, 0.2) is 5.82 Å². The number of thioether (sulfide) groups is 1. The van der Waals surface area contributed by atoms with Crippen LogP contribution in [0, 0.1) is 11.2 Å². The van der Waals surface area contributed by atoms with Gasteiger partial charge in [0.05, 0.1) is 0 Å². The number of aliphatic hydroxyl groups excluding tert-OH is 1. The predicted molar refractivity (Wildman–Crippen MR) is 107 cm³/mol.